The lowest BCUT2D eigenvalue weighted by atomic mass is 10.1. The largest absolute Gasteiger partial charge is 0.480 e. The van der Waals surface area contributed by atoms with Gasteiger partial charge < -0.3 is 38.3 Å². The fraction of sp³-hybridized carbons (Fsp3) is 0.706. The summed E-state index contributed by atoms with van der Waals surface area (Å²) in [5.41, 5.74) is 16.0. The third kappa shape index (κ3) is 11.0. The second-order valence-corrected chi connectivity index (χ2v) is 7.15. The summed E-state index contributed by atoms with van der Waals surface area (Å²) in [5, 5.41) is 16.4. The van der Waals surface area contributed by atoms with E-state index >= 15 is 0 Å². The number of primary amides is 1. The molecule has 0 saturated carbocycles. The monoisotopic (exact) mass is 448 g/mol. The van der Waals surface area contributed by atoms with Crippen LogP contribution < -0.4 is 33.2 Å². The average molecular weight is 449 g/mol. The Kier molecular flexibility index (Phi) is 13.4. The summed E-state index contributed by atoms with van der Waals surface area (Å²) in [5.74, 6) is -4.16. The van der Waals surface area contributed by atoms with Crippen LogP contribution in [0.25, 0.3) is 0 Å². The molecule has 0 aromatic rings. The number of hydrogen-bond acceptors (Lipinski definition) is 8. The highest BCUT2D eigenvalue weighted by Gasteiger charge is 2.29. The molecule has 0 aliphatic carbocycles. The van der Waals surface area contributed by atoms with Crippen LogP contribution in [-0.4, -0.2) is 71.2 Å². The predicted octanol–water partition coefficient (Wildman–Crippen LogP) is -2.80. The van der Waals surface area contributed by atoms with Crippen LogP contribution in [0.4, 0.5) is 0 Å². The smallest absolute Gasteiger partial charge is 0.326 e. The number of carboxylic acid groups (broad SMARTS) is 1. The molecule has 0 aliphatic heterocycles. The summed E-state index contributed by atoms with van der Waals surface area (Å²) < 4.78 is 0. The first kappa shape index (κ1) is 27.6. The van der Waals surface area contributed by atoms with Gasteiger partial charge >= 0.3 is 5.97 Å². The molecular weight excluding hydrogens is 416 g/mol. The van der Waals surface area contributed by atoms with E-state index in [0.717, 1.165) is 0 Å². The van der Waals surface area contributed by atoms with Gasteiger partial charge in [0.1, 0.15) is 18.1 Å². The van der Waals surface area contributed by atoms with Crippen molar-refractivity contribution in [2.24, 2.45) is 17.2 Å². The average Bonchev–Trinajstić information content (AvgIpc) is 2.67. The maximum absolute atomic E-state index is 12.6. The zero-order chi connectivity index (χ0) is 23.3. The van der Waals surface area contributed by atoms with Gasteiger partial charge in [0, 0.05) is 12.2 Å². The summed E-state index contributed by atoms with van der Waals surface area (Å²) in [6, 6.07) is -4.31. The molecule has 0 aromatic heterocycles. The standard InChI is InChI=1S/C17H32N6O6S/c1-9(19)14(25)21-10(4-2-3-7-18)15(26)23-12(8-30)16(27)22-11(17(28)29)5-6-13(20)24/h9-12,30H,2-8,18-19H2,1H3,(H2,20,24)(H,21,25)(H,22,27)(H,23,26)(H,28,29). The Morgan fingerprint density at radius 3 is 1.90 bits per heavy atom. The van der Waals surface area contributed by atoms with Crippen LogP contribution in [0.3, 0.4) is 0 Å². The molecule has 12 nitrogen and oxygen atoms in total. The molecule has 0 saturated heterocycles. The van der Waals surface area contributed by atoms with Gasteiger partial charge in [0.05, 0.1) is 6.04 Å². The van der Waals surface area contributed by atoms with E-state index in [0.29, 0.717) is 19.4 Å². The summed E-state index contributed by atoms with van der Waals surface area (Å²) >= 11 is 4.02. The van der Waals surface area contributed by atoms with E-state index in [1.54, 1.807) is 0 Å². The highest BCUT2D eigenvalue weighted by atomic mass is 32.1. The van der Waals surface area contributed by atoms with E-state index in [-0.39, 0.29) is 25.0 Å². The summed E-state index contributed by atoms with van der Waals surface area (Å²) in [6.07, 6.45) is 1.03. The summed E-state index contributed by atoms with van der Waals surface area (Å²) in [7, 11) is 0. The van der Waals surface area contributed by atoms with Crippen molar-refractivity contribution in [1.29, 1.82) is 0 Å². The van der Waals surface area contributed by atoms with Crippen molar-refractivity contribution in [2.75, 3.05) is 12.3 Å². The Morgan fingerprint density at radius 2 is 1.43 bits per heavy atom. The molecule has 13 heteroatoms. The van der Waals surface area contributed by atoms with E-state index in [4.69, 9.17) is 17.2 Å². The van der Waals surface area contributed by atoms with E-state index in [1.165, 1.54) is 6.92 Å². The van der Waals surface area contributed by atoms with Crippen LogP contribution in [0, 0.1) is 0 Å². The lowest BCUT2D eigenvalue weighted by Crippen LogP contribution is -2.57. The third-order valence-corrected chi connectivity index (χ3v) is 4.47. The molecule has 172 valence electrons. The molecule has 4 amide bonds. The number of carbonyl (C=O) groups is 5. The number of nitrogens with two attached hydrogens (primary N) is 3. The van der Waals surface area contributed by atoms with Crippen molar-refractivity contribution in [3.05, 3.63) is 0 Å². The van der Waals surface area contributed by atoms with Crippen LogP contribution in [0.1, 0.15) is 39.0 Å². The Bertz CT molecular complexity index is 618. The van der Waals surface area contributed by atoms with Gasteiger partial charge in [0.15, 0.2) is 0 Å². The first-order valence-corrected chi connectivity index (χ1v) is 10.1. The van der Waals surface area contributed by atoms with Gasteiger partial charge in [-0.1, -0.05) is 0 Å². The maximum Gasteiger partial charge on any atom is 0.326 e. The minimum atomic E-state index is -1.36. The zero-order valence-corrected chi connectivity index (χ0v) is 17.8. The zero-order valence-electron chi connectivity index (χ0n) is 16.9. The molecular formula is C17H32N6O6S. The van der Waals surface area contributed by atoms with E-state index in [1.807, 2.05) is 0 Å². The number of thiol groups is 1. The highest BCUT2D eigenvalue weighted by Crippen LogP contribution is 2.04. The van der Waals surface area contributed by atoms with Crippen molar-refractivity contribution >= 4 is 42.2 Å². The summed E-state index contributed by atoms with van der Waals surface area (Å²) in [4.78, 5) is 59.0. The van der Waals surface area contributed by atoms with Crippen LogP contribution >= 0.6 is 12.6 Å². The number of amides is 4. The lowest BCUT2D eigenvalue weighted by molar-refractivity contribution is -0.142. The third-order valence-electron chi connectivity index (χ3n) is 4.10. The van der Waals surface area contributed by atoms with Gasteiger partial charge in [0.25, 0.3) is 0 Å². The number of unbranched alkanes of at least 4 members (excludes halogenated alkanes) is 1. The fourth-order valence-electron chi connectivity index (χ4n) is 2.35. The number of hydrogen-bond donors (Lipinski definition) is 8. The first-order valence-electron chi connectivity index (χ1n) is 9.52. The molecule has 0 aliphatic rings. The molecule has 0 fully saturated rings. The number of carbonyl (C=O) groups excluding carboxylic acids is 4. The van der Waals surface area contributed by atoms with Crippen molar-refractivity contribution in [3.8, 4) is 0 Å². The molecule has 0 rings (SSSR count). The molecule has 30 heavy (non-hydrogen) atoms. The van der Waals surface area contributed by atoms with Gasteiger partial charge in [-0.2, -0.15) is 12.6 Å². The molecule has 0 heterocycles. The first-order chi connectivity index (χ1) is 14.0. The SMILES string of the molecule is CC(N)C(=O)NC(CCCCN)C(=O)NC(CS)C(=O)NC(CCC(N)=O)C(=O)O. The van der Waals surface area contributed by atoms with Crippen LogP contribution in [-0.2, 0) is 24.0 Å². The minimum absolute atomic E-state index is 0.128. The Hall–Kier alpha value is -2.38. The lowest BCUT2D eigenvalue weighted by Gasteiger charge is -2.24. The van der Waals surface area contributed by atoms with E-state index in [9.17, 15) is 29.1 Å². The van der Waals surface area contributed by atoms with Crippen LogP contribution in [0.5, 0.6) is 0 Å². The van der Waals surface area contributed by atoms with Gasteiger partial charge in [-0.05, 0) is 39.2 Å². The van der Waals surface area contributed by atoms with Crippen molar-refractivity contribution < 1.29 is 29.1 Å². The van der Waals surface area contributed by atoms with Crippen LogP contribution in [0.2, 0.25) is 0 Å². The van der Waals surface area contributed by atoms with E-state index < -0.39 is 53.8 Å². The Labute approximate surface area is 180 Å². The quantitative estimate of drug-likeness (QED) is 0.0963. The molecule has 0 bridgehead atoms. The molecule has 0 radical (unpaired) electrons. The number of rotatable bonds is 15. The second-order valence-electron chi connectivity index (χ2n) is 6.78. The predicted molar refractivity (Wildman–Crippen MR) is 112 cm³/mol. The number of aliphatic carboxylic acids is 1. The Morgan fingerprint density at radius 1 is 0.900 bits per heavy atom. The van der Waals surface area contributed by atoms with Gasteiger partial charge in [-0.3, -0.25) is 19.2 Å². The van der Waals surface area contributed by atoms with E-state index in [2.05, 4.69) is 28.6 Å². The van der Waals surface area contributed by atoms with Crippen LogP contribution in [0.15, 0.2) is 0 Å². The van der Waals surface area contributed by atoms with Gasteiger partial charge in [-0.25, -0.2) is 4.79 Å². The topological polar surface area (TPSA) is 220 Å². The molecule has 4 atom stereocenters. The highest BCUT2D eigenvalue weighted by molar-refractivity contribution is 7.80. The number of carboxylic acids is 1. The summed E-state index contributed by atoms with van der Waals surface area (Å²) in [6.45, 7) is 1.88. The van der Waals surface area contributed by atoms with Gasteiger partial charge in [-0.15, -0.1) is 0 Å². The van der Waals surface area contributed by atoms with Crippen molar-refractivity contribution in [3.63, 3.8) is 0 Å². The normalized spacial score (nSPS) is 14.7. The molecule has 10 N–H and O–H groups in total. The minimum Gasteiger partial charge on any atom is -0.480 e. The maximum atomic E-state index is 12.6. The number of nitrogens with one attached hydrogen (secondary N) is 3. The molecule has 0 aromatic carbocycles. The van der Waals surface area contributed by atoms with Crippen molar-refractivity contribution in [2.45, 2.75) is 63.2 Å². The fourth-order valence-corrected chi connectivity index (χ4v) is 2.60. The second kappa shape index (κ2) is 14.6. The Balaban J connectivity index is 5.12. The molecule has 0 spiro atoms. The molecule has 4 unspecified atom stereocenters. The van der Waals surface area contributed by atoms with Crippen molar-refractivity contribution in [1.82, 2.24) is 16.0 Å². The van der Waals surface area contributed by atoms with Gasteiger partial charge in [0.2, 0.25) is 23.6 Å².